The van der Waals surface area contributed by atoms with Crippen molar-refractivity contribution in [3.63, 3.8) is 0 Å². The van der Waals surface area contributed by atoms with Crippen LogP contribution in [0.15, 0.2) is 40.8 Å². The van der Waals surface area contributed by atoms with E-state index in [4.69, 9.17) is 9.15 Å². The summed E-state index contributed by atoms with van der Waals surface area (Å²) < 4.78 is 12.9. The van der Waals surface area contributed by atoms with E-state index in [1.165, 1.54) is 11.1 Å². The number of aromatic nitrogens is 3. The minimum absolute atomic E-state index is 0.246. The molecule has 0 saturated heterocycles. The summed E-state index contributed by atoms with van der Waals surface area (Å²) in [4.78, 5) is 15.5. The lowest BCUT2D eigenvalue weighted by Crippen LogP contribution is -2.32. The van der Waals surface area contributed by atoms with Crippen LogP contribution in [0.5, 0.6) is 0 Å². The zero-order chi connectivity index (χ0) is 25.7. The number of nitrogens with one attached hydrogen (secondary N) is 1. The number of hydrogen-bond acceptors (Lipinski definition) is 6. The quantitative estimate of drug-likeness (QED) is 0.440. The van der Waals surface area contributed by atoms with Crippen molar-refractivity contribution in [1.82, 2.24) is 25.0 Å². The van der Waals surface area contributed by atoms with Crippen molar-refractivity contribution in [1.29, 1.82) is 0 Å². The maximum atomic E-state index is 13.0. The van der Waals surface area contributed by atoms with Crippen molar-refractivity contribution in [2.45, 2.75) is 72.2 Å². The summed E-state index contributed by atoms with van der Waals surface area (Å²) in [5, 5.41) is 12.2. The maximum absolute atomic E-state index is 13.0. The highest BCUT2D eigenvalue weighted by molar-refractivity contribution is 5.91. The molecule has 0 spiro atoms. The molecular formula is C28H39N5O3. The molecule has 1 aliphatic rings. The first-order valence-electron chi connectivity index (χ1n) is 13.0. The molecule has 1 aliphatic heterocycles. The van der Waals surface area contributed by atoms with E-state index in [0.29, 0.717) is 24.2 Å². The summed E-state index contributed by atoms with van der Waals surface area (Å²) in [6, 6.07) is 12.2. The number of benzene rings is 1. The molecule has 1 amide bonds. The fraction of sp³-hybridized carbons (Fsp3) is 0.536. The van der Waals surface area contributed by atoms with Crippen LogP contribution in [-0.4, -0.2) is 45.8 Å². The third-order valence-corrected chi connectivity index (χ3v) is 6.70. The largest absolute Gasteiger partial charge is 0.453 e. The molecule has 0 bridgehead atoms. The molecule has 0 aliphatic carbocycles. The minimum atomic E-state index is -0.250. The highest BCUT2D eigenvalue weighted by Crippen LogP contribution is 2.24. The Labute approximate surface area is 214 Å². The van der Waals surface area contributed by atoms with Gasteiger partial charge < -0.3 is 19.0 Å². The van der Waals surface area contributed by atoms with Crippen molar-refractivity contribution >= 4 is 5.91 Å². The second-order valence-electron chi connectivity index (χ2n) is 10.4. The standard InChI is InChI=1S/C28H39N5O3/c1-19(2)16-24(29-28(34)25-11-10-23(36-25)18-35-5)27-31-30-26-12-13-32(14-15-33(26)27)17-21-6-8-22(9-7-21)20(3)4/h6-11,19-20,24H,12-18H2,1-5H3,(H,29,34)/t24-/m1/s1. The van der Waals surface area contributed by atoms with Crippen molar-refractivity contribution in [2.24, 2.45) is 5.92 Å². The molecule has 194 valence electrons. The number of rotatable bonds is 10. The summed E-state index contributed by atoms with van der Waals surface area (Å²) in [5.41, 5.74) is 2.70. The number of fused-ring (bicyclic) bond motifs is 1. The van der Waals surface area contributed by atoms with Crippen LogP contribution < -0.4 is 5.32 Å². The van der Waals surface area contributed by atoms with Gasteiger partial charge in [0, 0.05) is 39.7 Å². The summed E-state index contributed by atoms with van der Waals surface area (Å²) in [5.74, 6) is 3.37. The van der Waals surface area contributed by atoms with E-state index in [-0.39, 0.29) is 17.7 Å². The van der Waals surface area contributed by atoms with E-state index in [2.05, 4.69) is 76.9 Å². The number of carbonyl (C=O) groups is 1. The Morgan fingerprint density at radius 3 is 2.53 bits per heavy atom. The molecular weight excluding hydrogens is 454 g/mol. The van der Waals surface area contributed by atoms with Crippen LogP contribution in [0.25, 0.3) is 0 Å². The van der Waals surface area contributed by atoms with Gasteiger partial charge in [0.15, 0.2) is 11.6 Å². The Morgan fingerprint density at radius 1 is 1.06 bits per heavy atom. The number of carbonyl (C=O) groups excluding carboxylic acids is 1. The summed E-state index contributed by atoms with van der Waals surface area (Å²) >= 11 is 0. The van der Waals surface area contributed by atoms with Crippen molar-refractivity contribution < 1.29 is 13.9 Å². The van der Waals surface area contributed by atoms with Crippen molar-refractivity contribution in [3.8, 4) is 0 Å². The second-order valence-corrected chi connectivity index (χ2v) is 10.4. The van der Waals surface area contributed by atoms with E-state index in [1.807, 2.05) is 0 Å². The SMILES string of the molecule is COCc1ccc(C(=O)N[C@H](CC(C)C)c2nnc3n2CCN(Cc2ccc(C(C)C)cc2)CC3)o1. The molecule has 0 unspecified atom stereocenters. The molecule has 0 saturated carbocycles. The number of amides is 1. The minimum Gasteiger partial charge on any atom is -0.453 e. The van der Waals surface area contributed by atoms with Crippen LogP contribution in [0.2, 0.25) is 0 Å². The fourth-order valence-electron chi connectivity index (χ4n) is 4.72. The lowest BCUT2D eigenvalue weighted by molar-refractivity contribution is 0.0892. The predicted octanol–water partition coefficient (Wildman–Crippen LogP) is 4.72. The molecule has 0 radical (unpaired) electrons. The monoisotopic (exact) mass is 493 g/mol. The molecule has 36 heavy (non-hydrogen) atoms. The highest BCUT2D eigenvalue weighted by Gasteiger charge is 2.27. The fourth-order valence-corrected chi connectivity index (χ4v) is 4.72. The van der Waals surface area contributed by atoms with Gasteiger partial charge in [-0.3, -0.25) is 9.69 Å². The van der Waals surface area contributed by atoms with Crippen LogP contribution in [0.1, 0.15) is 85.2 Å². The molecule has 8 heteroatoms. The van der Waals surface area contributed by atoms with Crippen LogP contribution in [0.4, 0.5) is 0 Å². The van der Waals surface area contributed by atoms with E-state index >= 15 is 0 Å². The van der Waals surface area contributed by atoms with Gasteiger partial charge in [0.25, 0.3) is 5.91 Å². The average Bonchev–Trinajstić information content (AvgIpc) is 3.43. The van der Waals surface area contributed by atoms with Gasteiger partial charge in [0.1, 0.15) is 18.2 Å². The van der Waals surface area contributed by atoms with Crippen molar-refractivity contribution in [2.75, 3.05) is 20.2 Å². The first-order chi connectivity index (χ1) is 17.3. The summed E-state index contributed by atoms with van der Waals surface area (Å²) in [7, 11) is 1.60. The van der Waals surface area contributed by atoms with E-state index in [9.17, 15) is 4.79 Å². The summed E-state index contributed by atoms with van der Waals surface area (Å²) in [6.07, 6.45) is 1.60. The zero-order valence-corrected chi connectivity index (χ0v) is 22.2. The molecule has 3 heterocycles. The molecule has 8 nitrogen and oxygen atoms in total. The number of furan rings is 1. The first kappa shape index (κ1) is 26.1. The highest BCUT2D eigenvalue weighted by atomic mass is 16.5. The lowest BCUT2D eigenvalue weighted by Gasteiger charge is -2.22. The number of nitrogens with zero attached hydrogens (tertiary/aromatic N) is 4. The molecule has 1 N–H and O–H groups in total. The van der Waals surface area contributed by atoms with Gasteiger partial charge in [-0.25, -0.2) is 0 Å². The van der Waals surface area contributed by atoms with E-state index in [0.717, 1.165) is 50.7 Å². The lowest BCUT2D eigenvalue weighted by atomic mass is 10.0. The van der Waals surface area contributed by atoms with Crippen LogP contribution in [0.3, 0.4) is 0 Å². The molecule has 1 aromatic carbocycles. The molecule has 4 rings (SSSR count). The van der Waals surface area contributed by atoms with E-state index < -0.39 is 0 Å². The van der Waals surface area contributed by atoms with Gasteiger partial charge in [-0.1, -0.05) is 52.0 Å². The second kappa shape index (κ2) is 11.8. The Hall–Kier alpha value is -2.97. The zero-order valence-electron chi connectivity index (χ0n) is 22.2. The average molecular weight is 494 g/mol. The topological polar surface area (TPSA) is 85.4 Å². The predicted molar refractivity (Wildman–Crippen MR) is 139 cm³/mol. The first-order valence-corrected chi connectivity index (χ1v) is 13.0. The molecule has 3 aromatic rings. The van der Waals surface area contributed by atoms with Gasteiger partial charge in [-0.2, -0.15) is 0 Å². The number of hydrogen-bond donors (Lipinski definition) is 1. The van der Waals surface area contributed by atoms with Crippen LogP contribution in [0, 0.1) is 5.92 Å². The van der Waals surface area contributed by atoms with Crippen LogP contribution >= 0.6 is 0 Å². The van der Waals surface area contributed by atoms with Gasteiger partial charge in [0.05, 0.1) is 6.04 Å². The van der Waals surface area contributed by atoms with Crippen molar-refractivity contribution in [3.05, 3.63) is 70.7 Å². The normalized spacial score (nSPS) is 15.2. The van der Waals surface area contributed by atoms with Gasteiger partial charge in [0.2, 0.25) is 0 Å². The number of methoxy groups -OCH3 is 1. The Kier molecular flexibility index (Phi) is 8.59. The third-order valence-electron chi connectivity index (χ3n) is 6.70. The number of ether oxygens (including phenoxy) is 1. The Bertz CT molecular complexity index is 1130. The summed E-state index contributed by atoms with van der Waals surface area (Å²) in [6.45, 7) is 12.6. The maximum Gasteiger partial charge on any atom is 0.287 e. The van der Waals surface area contributed by atoms with Gasteiger partial charge in [-0.05, 0) is 41.5 Å². The Morgan fingerprint density at radius 2 is 1.83 bits per heavy atom. The molecule has 0 fully saturated rings. The molecule has 1 atom stereocenters. The Balaban J connectivity index is 1.45. The van der Waals surface area contributed by atoms with E-state index in [1.54, 1.807) is 19.2 Å². The third kappa shape index (κ3) is 6.42. The van der Waals surface area contributed by atoms with Gasteiger partial charge in [-0.15, -0.1) is 10.2 Å². The smallest absolute Gasteiger partial charge is 0.287 e. The molecule has 2 aromatic heterocycles. The van der Waals surface area contributed by atoms with Gasteiger partial charge >= 0.3 is 0 Å². The van der Waals surface area contributed by atoms with Crippen LogP contribution in [-0.2, 0) is 30.9 Å².